The van der Waals surface area contributed by atoms with Gasteiger partial charge in [-0.3, -0.25) is 4.79 Å². The molecule has 2 fully saturated rings. The van der Waals surface area contributed by atoms with Crippen molar-refractivity contribution in [2.75, 3.05) is 0 Å². The van der Waals surface area contributed by atoms with Crippen molar-refractivity contribution in [2.24, 2.45) is 5.92 Å². The van der Waals surface area contributed by atoms with E-state index in [1.54, 1.807) is 0 Å². The van der Waals surface area contributed by atoms with Crippen LogP contribution >= 0.6 is 0 Å². The van der Waals surface area contributed by atoms with Gasteiger partial charge in [0.05, 0.1) is 10.5 Å². The maximum atomic E-state index is 12.6. The predicted molar refractivity (Wildman–Crippen MR) is 80.5 cm³/mol. The summed E-state index contributed by atoms with van der Waals surface area (Å²) in [5.41, 5.74) is 0.284. The Hall–Kier alpha value is -1.57. The average molecular weight is 362 g/mol. The second kappa shape index (κ2) is 6.06. The SMILES string of the molecule is O=C(c1ccc(OC(F)(F)F)cc1)C1CC2CCCC(C1)S2(=O)=O. The van der Waals surface area contributed by atoms with Crippen molar-refractivity contribution in [3.63, 3.8) is 0 Å². The Labute approximate surface area is 137 Å². The van der Waals surface area contributed by atoms with Crippen LogP contribution in [-0.4, -0.2) is 31.1 Å². The highest BCUT2D eigenvalue weighted by Gasteiger charge is 2.46. The van der Waals surface area contributed by atoms with Gasteiger partial charge in [0.25, 0.3) is 0 Å². The molecule has 2 aliphatic rings. The van der Waals surface area contributed by atoms with Gasteiger partial charge >= 0.3 is 6.36 Å². The summed E-state index contributed by atoms with van der Waals surface area (Å²) in [4.78, 5) is 12.6. The van der Waals surface area contributed by atoms with Crippen LogP contribution in [0.15, 0.2) is 24.3 Å². The number of halogens is 3. The molecule has 2 heterocycles. The molecule has 2 atom stereocenters. The molecule has 24 heavy (non-hydrogen) atoms. The Kier molecular flexibility index (Phi) is 4.36. The summed E-state index contributed by atoms with van der Waals surface area (Å²) in [6.07, 6.45) is -2.14. The van der Waals surface area contributed by atoms with Crippen molar-refractivity contribution in [2.45, 2.75) is 49.0 Å². The fraction of sp³-hybridized carbons (Fsp3) is 0.562. The highest BCUT2D eigenvalue weighted by Crippen LogP contribution is 2.40. The Morgan fingerprint density at radius 1 is 1.04 bits per heavy atom. The molecule has 0 aliphatic carbocycles. The Morgan fingerprint density at radius 2 is 1.58 bits per heavy atom. The zero-order valence-corrected chi connectivity index (χ0v) is 13.6. The van der Waals surface area contributed by atoms with Gasteiger partial charge in [0.15, 0.2) is 15.6 Å². The number of hydrogen-bond acceptors (Lipinski definition) is 4. The molecule has 0 amide bonds. The first kappa shape index (κ1) is 17.3. The van der Waals surface area contributed by atoms with E-state index in [9.17, 15) is 26.4 Å². The van der Waals surface area contributed by atoms with Gasteiger partial charge in [-0.15, -0.1) is 13.2 Å². The molecule has 3 rings (SSSR count). The smallest absolute Gasteiger partial charge is 0.406 e. The number of hydrogen-bond donors (Lipinski definition) is 0. The molecule has 0 radical (unpaired) electrons. The monoisotopic (exact) mass is 362 g/mol. The first-order valence-corrected chi connectivity index (χ1v) is 9.40. The van der Waals surface area contributed by atoms with Crippen LogP contribution in [0, 0.1) is 5.92 Å². The number of rotatable bonds is 3. The van der Waals surface area contributed by atoms with E-state index in [1.807, 2.05) is 0 Å². The molecule has 2 saturated heterocycles. The third-order valence-corrected chi connectivity index (χ3v) is 7.53. The molecule has 0 spiro atoms. The molecule has 8 heteroatoms. The summed E-state index contributed by atoms with van der Waals surface area (Å²) < 4.78 is 64.7. The molecule has 0 N–H and O–H groups in total. The standard InChI is InChI=1S/C16H17F3O4S/c17-16(18,19)23-12-6-4-10(5-7-12)15(20)11-8-13-2-1-3-14(9-11)24(13,21)22/h4-7,11,13-14H,1-3,8-9H2. The van der Waals surface area contributed by atoms with Crippen LogP contribution in [0.2, 0.25) is 0 Å². The zero-order valence-electron chi connectivity index (χ0n) is 12.8. The van der Waals surface area contributed by atoms with Crippen LogP contribution in [-0.2, 0) is 9.84 Å². The number of ketones is 1. The number of sulfone groups is 1. The van der Waals surface area contributed by atoms with Gasteiger partial charge in [-0.25, -0.2) is 8.42 Å². The topological polar surface area (TPSA) is 60.4 Å². The van der Waals surface area contributed by atoms with Crippen molar-refractivity contribution < 1.29 is 31.1 Å². The van der Waals surface area contributed by atoms with Gasteiger partial charge in [-0.1, -0.05) is 6.42 Å². The second-order valence-electron chi connectivity index (χ2n) is 6.37. The fourth-order valence-electron chi connectivity index (χ4n) is 3.68. The van der Waals surface area contributed by atoms with Crippen molar-refractivity contribution in [1.82, 2.24) is 0 Å². The van der Waals surface area contributed by atoms with Crippen LogP contribution in [0.4, 0.5) is 13.2 Å². The Bertz CT molecular complexity index is 705. The average Bonchev–Trinajstić information content (AvgIpc) is 2.44. The van der Waals surface area contributed by atoms with Gasteiger partial charge in [0.2, 0.25) is 0 Å². The summed E-state index contributed by atoms with van der Waals surface area (Å²) in [6.45, 7) is 0. The van der Waals surface area contributed by atoms with Crippen molar-refractivity contribution in [3.05, 3.63) is 29.8 Å². The largest absolute Gasteiger partial charge is 0.573 e. The minimum absolute atomic E-state index is 0.208. The molecule has 132 valence electrons. The first-order chi connectivity index (χ1) is 11.2. The maximum Gasteiger partial charge on any atom is 0.573 e. The van der Waals surface area contributed by atoms with Crippen LogP contribution < -0.4 is 4.74 Å². The van der Waals surface area contributed by atoms with Crippen LogP contribution in [0.1, 0.15) is 42.5 Å². The summed E-state index contributed by atoms with van der Waals surface area (Å²) >= 11 is 0. The second-order valence-corrected chi connectivity index (χ2v) is 8.88. The molecule has 0 aromatic heterocycles. The van der Waals surface area contributed by atoms with Gasteiger partial charge in [-0.2, -0.15) is 0 Å². The van der Waals surface area contributed by atoms with Gasteiger partial charge in [0.1, 0.15) is 5.75 Å². The summed E-state index contributed by atoms with van der Waals surface area (Å²) in [7, 11) is -3.14. The highest BCUT2D eigenvalue weighted by atomic mass is 32.2. The number of alkyl halides is 3. The van der Waals surface area contributed by atoms with E-state index in [0.717, 1.165) is 18.6 Å². The van der Waals surface area contributed by atoms with Crippen molar-refractivity contribution >= 4 is 15.6 Å². The van der Waals surface area contributed by atoms with E-state index in [-0.39, 0.29) is 17.1 Å². The molecule has 2 unspecified atom stereocenters. The molecule has 4 nitrogen and oxygen atoms in total. The molecule has 0 saturated carbocycles. The number of Topliss-reactive ketones (excluding diaryl/α,β-unsaturated/α-hetero) is 1. The lowest BCUT2D eigenvalue weighted by atomic mass is 9.84. The zero-order chi connectivity index (χ0) is 17.5. The highest BCUT2D eigenvalue weighted by molar-refractivity contribution is 7.92. The first-order valence-electron chi connectivity index (χ1n) is 7.79. The van der Waals surface area contributed by atoms with E-state index in [2.05, 4.69) is 4.74 Å². The van der Waals surface area contributed by atoms with Crippen LogP contribution in [0.3, 0.4) is 0 Å². The quantitative estimate of drug-likeness (QED) is 0.772. The minimum Gasteiger partial charge on any atom is -0.406 e. The molecular formula is C16H17F3O4S. The van der Waals surface area contributed by atoms with E-state index < -0.39 is 32.6 Å². The van der Waals surface area contributed by atoms with Gasteiger partial charge in [0, 0.05) is 11.5 Å². The van der Waals surface area contributed by atoms with Gasteiger partial charge in [-0.05, 0) is 49.9 Å². The number of carbonyl (C=O) groups is 1. The molecule has 1 aromatic rings. The lowest BCUT2D eigenvalue weighted by Crippen LogP contribution is -2.45. The fourth-order valence-corrected chi connectivity index (χ4v) is 6.22. The molecular weight excluding hydrogens is 345 g/mol. The van der Waals surface area contributed by atoms with E-state index >= 15 is 0 Å². The van der Waals surface area contributed by atoms with E-state index in [4.69, 9.17) is 0 Å². The predicted octanol–water partition coefficient (Wildman–Crippen LogP) is 3.51. The summed E-state index contributed by atoms with van der Waals surface area (Å²) in [5, 5.41) is -0.932. The van der Waals surface area contributed by atoms with E-state index in [0.29, 0.717) is 25.7 Å². The number of benzene rings is 1. The lowest BCUT2D eigenvalue weighted by molar-refractivity contribution is -0.274. The summed E-state index contributed by atoms with van der Waals surface area (Å²) in [5.74, 6) is -0.985. The molecule has 2 bridgehead atoms. The Balaban J connectivity index is 1.73. The lowest BCUT2D eigenvalue weighted by Gasteiger charge is -2.38. The van der Waals surface area contributed by atoms with Crippen LogP contribution in [0.5, 0.6) is 5.75 Å². The normalized spacial score (nSPS) is 29.0. The number of fused-ring (bicyclic) bond motifs is 2. The third-order valence-electron chi connectivity index (χ3n) is 4.82. The van der Waals surface area contributed by atoms with Gasteiger partial charge < -0.3 is 4.74 Å². The maximum absolute atomic E-state index is 12.6. The third kappa shape index (κ3) is 3.43. The number of carbonyl (C=O) groups excluding carboxylic acids is 1. The minimum atomic E-state index is -4.78. The number of ether oxygens (including phenoxy) is 1. The van der Waals surface area contributed by atoms with Crippen molar-refractivity contribution in [1.29, 1.82) is 0 Å². The molecule has 2 aliphatic heterocycles. The Morgan fingerprint density at radius 3 is 2.08 bits per heavy atom. The van der Waals surface area contributed by atoms with Crippen molar-refractivity contribution in [3.8, 4) is 5.75 Å². The van der Waals surface area contributed by atoms with E-state index in [1.165, 1.54) is 12.1 Å². The summed E-state index contributed by atoms with van der Waals surface area (Å²) in [6, 6.07) is 4.78. The molecule has 1 aromatic carbocycles. The van der Waals surface area contributed by atoms with Crippen LogP contribution in [0.25, 0.3) is 0 Å².